The Bertz CT molecular complexity index is 526. The summed E-state index contributed by atoms with van der Waals surface area (Å²) in [5.41, 5.74) is 2.69. The molecule has 1 heterocycles. The quantitative estimate of drug-likeness (QED) is 0.589. The molecule has 2 rings (SSSR count). The molecule has 16 heavy (non-hydrogen) atoms. The monoisotopic (exact) mass is 250 g/mol. The number of nitrogens with zero attached hydrogens (tertiary/aromatic N) is 1. The van der Waals surface area contributed by atoms with Crippen LogP contribution in [0.3, 0.4) is 0 Å². The average molecular weight is 250 g/mol. The Morgan fingerprint density at radius 2 is 2.25 bits per heavy atom. The Balaban J connectivity index is 2.78. The number of para-hydroxylation sites is 1. The number of allylic oxidation sites excluding steroid dienone is 1. The van der Waals surface area contributed by atoms with Crippen molar-refractivity contribution in [3.63, 3.8) is 0 Å². The first-order valence-corrected chi connectivity index (χ1v) is 7.48. The van der Waals surface area contributed by atoms with Crippen LogP contribution in [0.15, 0.2) is 28.6 Å². The van der Waals surface area contributed by atoms with Gasteiger partial charge in [0, 0.05) is 5.56 Å². The molecule has 0 aliphatic rings. The van der Waals surface area contributed by atoms with Crippen molar-refractivity contribution in [3.8, 4) is 0 Å². The molecule has 0 spiro atoms. The molecule has 0 amide bonds. The second-order valence-corrected chi connectivity index (χ2v) is 5.59. The number of aryl methyl sites for hydroxylation is 1. The normalized spacial score (nSPS) is 11.7. The van der Waals surface area contributed by atoms with Crippen LogP contribution in [0.1, 0.15) is 19.4 Å². The summed E-state index contributed by atoms with van der Waals surface area (Å²) in [6.07, 6.45) is 6.43. The van der Waals surface area contributed by atoms with Gasteiger partial charge >= 0.3 is 0 Å². The number of thiazole rings is 1. The van der Waals surface area contributed by atoms with Crippen molar-refractivity contribution in [1.29, 1.82) is 0 Å². The molecule has 0 bridgehead atoms. The lowest BCUT2D eigenvalue weighted by molar-refractivity contribution is -0.698. The van der Waals surface area contributed by atoms with Crippen LogP contribution in [0.2, 0.25) is 0 Å². The summed E-state index contributed by atoms with van der Waals surface area (Å²) < 4.78 is 5.16. The standard InChI is InChI=1S/C13H16NS2/c1-4-7-10-8-6-9-11-12(10)14(5-2)13(15-3)16-11/h4,6-9H,5H2,1-3H3/q+1. The molecule has 1 aromatic carbocycles. The van der Waals surface area contributed by atoms with Gasteiger partial charge in [0.25, 0.3) is 4.34 Å². The van der Waals surface area contributed by atoms with Crippen LogP contribution < -0.4 is 4.57 Å². The molecule has 1 nitrogen and oxygen atoms in total. The molecule has 3 heteroatoms. The number of fused-ring (bicyclic) bond motifs is 1. The van der Waals surface area contributed by atoms with Crippen molar-refractivity contribution in [3.05, 3.63) is 29.8 Å². The van der Waals surface area contributed by atoms with Crippen LogP contribution in [0.4, 0.5) is 0 Å². The molecular weight excluding hydrogens is 234 g/mol. The predicted molar refractivity (Wildman–Crippen MR) is 74.2 cm³/mol. The summed E-state index contributed by atoms with van der Waals surface area (Å²) in [5.74, 6) is 0. The van der Waals surface area contributed by atoms with Gasteiger partial charge in [0.15, 0.2) is 0 Å². The zero-order chi connectivity index (χ0) is 11.5. The summed E-state index contributed by atoms with van der Waals surface area (Å²) in [6, 6.07) is 6.53. The van der Waals surface area contributed by atoms with Gasteiger partial charge < -0.3 is 0 Å². The van der Waals surface area contributed by atoms with Crippen molar-refractivity contribution in [2.45, 2.75) is 24.7 Å². The van der Waals surface area contributed by atoms with Crippen LogP contribution in [-0.4, -0.2) is 6.26 Å². The highest BCUT2D eigenvalue weighted by molar-refractivity contribution is 8.00. The Hall–Kier alpha value is -0.800. The molecule has 1 aromatic heterocycles. The van der Waals surface area contributed by atoms with E-state index in [0.717, 1.165) is 6.54 Å². The SMILES string of the molecule is CC=Cc1cccc2sc(SC)[n+](CC)c12. The van der Waals surface area contributed by atoms with E-state index in [1.54, 1.807) is 0 Å². The van der Waals surface area contributed by atoms with E-state index in [0.29, 0.717) is 0 Å². The number of rotatable bonds is 3. The molecule has 84 valence electrons. The van der Waals surface area contributed by atoms with Crippen LogP contribution in [0.25, 0.3) is 16.3 Å². The molecule has 0 radical (unpaired) electrons. The zero-order valence-electron chi connectivity index (χ0n) is 9.86. The molecule has 0 saturated carbocycles. The second-order valence-electron chi connectivity index (χ2n) is 3.51. The van der Waals surface area contributed by atoms with Gasteiger partial charge in [-0.15, -0.1) is 0 Å². The molecule has 0 aliphatic heterocycles. The first-order chi connectivity index (χ1) is 7.81. The van der Waals surface area contributed by atoms with Gasteiger partial charge in [-0.1, -0.05) is 29.6 Å². The summed E-state index contributed by atoms with van der Waals surface area (Å²) in [4.78, 5) is 0. The maximum Gasteiger partial charge on any atom is 0.298 e. The van der Waals surface area contributed by atoms with Crippen LogP contribution >= 0.6 is 23.1 Å². The van der Waals surface area contributed by atoms with E-state index in [9.17, 15) is 0 Å². The van der Waals surface area contributed by atoms with Gasteiger partial charge in [0.2, 0.25) is 5.52 Å². The van der Waals surface area contributed by atoms with E-state index < -0.39 is 0 Å². The number of hydrogen-bond acceptors (Lipinski definition) is 2. The van der Waals surface area contributed by atoms with E-state index in [2.05, 4.69) is 55.0 Å². The third-order valence-electron chi connectivity index (χ3n) is 2.55. The van der Waals surface area contributed by atoms with Gasteiger partial charge in [-0.2, -0.15) is 4.57 Å². The molecule has 0 saturated heterocycles. The van der Waals surface area contributed by atoms with Crippen molar-refractivity contribution in [2.75, 3.05) is 6.26 Å². The number of thioether (sulfide) groups is 1. The van der Waals surface area contributed by atoms with E-state index in [1.165, 1.54) is 20.1 Å². The highest BCUT2D eigenvalue weighted by Gasteiger charge is 2.20. The Labute approximate surface area is 105 Å². The van der Waals surface area contributed by atoms with Crippen LogP contribution in [0.5, 0.6) is 0 Å². The Kier molecular flexibility index (Phi) is 3.66. The van der Waals surface area contributed by atoms with Crippen molar-refractivity contribution in [1.82, 2.24) is 0 Å². The van der Waals surface area contributed by atoms with Crippen molar-refractivity contribution < 1.29 is 4.57 Å². The highest BCUT2D eigenvalue weighted by atomic mass is 32.2. The van der Waals surface area contributed by atoms with Gasteiger partial charge in [-0.05, 0) is 44.0 Å². The fraction of sp³-hybridized carbons (Fsp3) is 0.308. The Morgan fingerprint density at radius 3 is 2.88 bits per heavy atom. The van der Waals surface area contributed by atoms with Gasteiger partial charge in [0.05, 0.1) is 0 Å². The first kappa shape index (κ1) is 11.7. The summed E-state index contributed by atoms with van der Waals surface area (Å²) in [5, 5.41) is 0. The second kappa shape index (κ2) is 5.02. The minimum atomic E-state index is 1.03. The number of benzene rings is 1. The van der Waals surface area contributed by atoms with Crippen molar-refractivity contribution in [2.24, 2.45) is 0 Å². The lowest BCUT2D eigenvalue weighted by atomic mass is 10.2. The third kappa shape index (κ3) is 1.89. The molecule has 0 N–H and O–H groups in total. The Morgan fingerprint density at radius 1 is 1.44 bits per heavy atom. The van der Waals surface area contributed by atoms with E-state index >= 15 is 0 Å². The molecule has 0 unspecified atom stereocenters. The number of aromatic nitrogens is 1. The van der Waals surface area contributed by atoms with Gasteiger partial charge in [-0.25, -0.2) is 0 Å². The fourth-order valence-corrected chi connectivity index (χ4v) is 3.94. The average Bonchev–Trinajstić information content (AvgIpc) is 2.68. The summed E-state index contributed by atoms with van der Waals surface area (Å²) in [7, 11) is 0. The lowest BCUT2D eigenvalue weighted by Crippen LogP contribution is -2.33. The van der Waals surface area contributed by atoms with Gasteiger partial charge in [-0.3, -0.25) is 0 Å². The molecule has 0 aliphatic carbocycles. The zero-order valence-corrected chi connectivity index (χ0v) is 11.5. The van der Waals surface area contributed by atoms with E-state index in [4.69, 9.17) is 0 Å². The highest BCUT2D eigenvalue weighted by Crippen LogP contribution is 2.28. The lowest BCUT2D eigenvalue weighted by Gasteiger charge is -1.95. The van der Waals surface area contributed by atoms with Gasteiger partial charge in [0.1, 0.15) is 11.2 Å². The first-order valence-electron chi connectivity index (χ1n) is 5.43. The number of hydrogen-bond donors (Lipinski definition) is 0. The maximum absolute atomic E-state index is 2.40. The molecule has 2 aromatic rings. The maximum atomic E-state index is 2.40. The molecule has 0 fully saturated rings. The van der Waals surface area contributed by atoms with Crippen LogP contribution in [-0.2, 0) is 6.54 Å². The summed E-state index contributed by atoms with van der Waals surface area (Å²) >= 11 is 3.71. The largest absolute Gasteiger partial charge is 0.298 e. The minimum Gasteiger partial charge on any atom is -0.176 e. The van der Waals surface area contributed by atoms with Crippen molar-refractivity contribution >= 4 is 39.4 Å². The smallest absolute Gasteiger partial charge is 0.176 e. The molecule has 0 atom stereocenters. The topological polar surface area (TPSA) is 3.88 Å². The van der Waals surface area contributed by atoms with Crippen LogP contribution in [0, 0.1) is 0 Å². The predicted octanol–water partition coefficient (Wildman–Crippen LogP) is 3.96. The van der Waals surface area contributed by atoms with E-state index in [-0.39, 0.29) is 0 Å². The molecular formula is C13H16NS2+. The fourth-order valence-electron chi connectivity index (χ4n) is 1.90. The minimum absolute atomic E-state index is 1.03. The summed E-state index contributed by atoms with van der Waals surface area (Å²) in [6.45, 7) is 5.31. The van der Waals surface area contributed by atoms with E-state index in [1.807, 2.05) is 23.1 Å². The third-order valence-corrected chi connectivity index (χ3v) is 4.82.